The van der Waals surface area contributed by atoms with Gasteiger partial charge in [0.25, 0.3) is 0 Å². The van der Waals surface area contributed by atoms with Gasteiger partial charge in [-0.15, -0.1) is 11.8 Å². The molecule has 0 atom stereocenters. The summed E-state index contributed by atoms with van der Waals surface area (Å²) < 4.78 is 36.0. The molecule has 6 heteroatoms. The van der Waals surface area contributed by atoms with Gasteiger partial charge in [0.1, 0.15) is 0 Å². The van der Waals surface area contributed by atoms with E-state index >= 15 is 0 Å². The molecule has 0 bridgehead atoms. The summed E-state index contributed by atoms with van der Waals surface area (Å²) in [6.07, 6.45) is -2.91. The lowest BCUT2D eigenvalue weighted by Crippen LogP contribution is -2.10. The average molecular weight is 247 g/mol. The molecule has 0 heterocycles. The van der Waals surface area contributed by atoms with Crippen LogP contribution in [0, 0.1) is 6.92 Å². The summed E-state index contributed by atoms with van der Waals surface area (Å²) in [5, 5.41) is 0. The number of carbonyl (C=O) groups excluding carboxylic acids is 1. The maximum atomic E-state index is 12.0. The number of aryl methyl sites for hydroxylation is 1. The highest BCUT2D eigenvalue weighted by Gasteiger charge is 2.27. The molecule has 0 aromatic heterocycles. The van der Waals surface area contributed by atoms with E-state index in [0.717, 1.165) is 5.56 Å². The number of hydrogen-bond acceptors (Lipinski definition) is 3. The molecule has 0 spiro atoms. The molecule has 0 saturated carbocycles. The number of benzene rings is 1. The van der Waals surface area contributed by atoms with Crippen LogP contribution in [0.25, 0.3) is 0 Å². The van der Waals surface area contributed by atoms with E-state index in [1.165, 1.54) is 12.1 Å². The molecule has 0 saturated heterocycles. The van der Waals surface area contributed by atoms with Crippen LogP contribution in [0.1, 0.15) is 5.56 Å². The van der Waals surface area contributed by atoms with E-state index in [4.69, 9.17) is 0 Å². The maximum absolute atomic E-state index is 12.0. The van der Waals surface area contributed by atoms with Crippen LogP contribution < -0.4 is 0 Å². The van der Waals surface area contributed by atoms with E-state index in [1.807, 2.05) is 0 Å². The molecule has 0 aliphatic rings. The number of rotatable bonds is 3. The highest BCUT2D eigenvalue weighted by molar-refractivity contribution is 7.99. The summed E-state index contributed by atoms with van der Waals surface area (Å²) >= 11 is 0.605. The molecule has 16 heavy (non-hydrogen) atoms. The molecule has 0 aliphatic heterocycles. The van der Waals surface area contributed by atoms with Crippen molar-refractivity contribution in [2.24, 2.45) is 4.99 Å². The van der Waals surface area contributed by atoms with Crippen LogP contribution in [0.4, 0.5) is 18.9 Å². The van der Waals surface area contributed by atoms with Gasteiger partial charge in [-0.1, -0.05) is 6.07 Å². The third-order valence-electron chi connectivity index (χ3n) is 1.67. The number of isocyanates is 1. The van der Waals surface area contributed by atoms with E-state index in [0.29, 0.717) is 16.7 Å². The van der Waals surface area contributed by atoms with Gasteiger partial charge >= 0.3 is 6.18 Å². The van der Waals surface area contributed by atoms with Gasteiger partial charge in [0, 0.05) is 4.90 Å². The monoisotopic (exact) mass is 247 g/mol. The topological polar surface area (TPSA) is 29.4 Å². The minimum Gasteiger partial charge on any atom is -0.211 e. The molecule has 0 fully saturated rings. The first-order chi connectivity index (χ1) is 7.42. The fraction of sp³-hybridized carbons (Fsp3) is 0.300. The molecule has 1 aromatic rings. The van der Waals surface area contributed by atoms with Gasteiger partial charge in [-0.3, -0.25) is 0 Å². The van der Waals surface area contributed by atoms with Gasteiger partial charge in [-0.05, 0) is 24.6 Å². The van der Waals surface area contributed by atoms with E-state index in [1.54, 1.807) is 19.1 Å². The molecule has 0 aliphatic carbocycles. The standard InChI is InChI=1S/C10H8F3NOS/c1-7-2-3-9(8(4-7)14-6-15)16-5-10(11,12)13/h2-4H,5H2,1H3. The van der Waals surface area contributed by atoms with Crippen LogP contribution in [0.5, 0.6) is 0 Å². The Morgan fingerprint density at radius 2 is 2.12 bits per heavy atom. The van der Waals surface area contributed by atoms with Gasteiger partial charge in [-0.25, -0.2) is 4.79 Å². The van der Waals surface area contributed by atoms with E-state index < -0.39 is 11.9 Å². The zero-order valence-corrected chi connectivity index (χ0v) is 9.15. The van der Waals surface area contributed by atoms with Crippen LogP contribution in [-0.2, 0) is 4.79 Å². The first-order valence-electron chi connectivity index (χ1n) is 4.30. The van der Waals surface area contributed by atoms with Crippen molar-refractivity contribution in [3.8, 4) is 0 Å². The van der Waals surface area contributed by atoms with Crippen molar-refractivity contribution in [2.75, 3.05) is 5.75 Å². The number of hydrogen-bond donors (Lipinski definition) is 0. The zero-order chi connectivity index (χ0) is 12.2. The van der Waals surface area contributed by atoms with E-state index in [9.17, 15) is 18.0 Å². The van der Waals surface area contributed by atoms with Gasteiger partial charge in [0.2, 0.25) is 6.08 Å². The van der Waals surface area contributed by atoms with E-state index in [2.05, 4.69) is 4.99 Å². The van der Waals surface area contributed by atoms with Crippen molar-refractivity contribution in [1.29, 1.82) is 0 Å². The highest BCUT2D eigenvalue weighted by atomic mass is 32.2. The number of thioether (sulfide) groups is 1. The van der Waals surface area contributed by atoms with Crippen molar-refractivity contribution in [1.82, 2.24) is 0 Å². The van der Waals surface area contributed by atoms with Gasteiger partial charge < -0.3 is 0 Å². The normalized spacial score (nSPS) is 11.0. The highest BCUT2D eigenvalue weighted by Crippen LogP contribution is 2.34. The maximum Gasteiger partial charge on any atom is 0.398 e. The molecule has 2 nitrogen and oxygen atoms in total. The Morgan fingerprint density at radius 1 is 1.44 bits per heavy atom. The zero-order valence-electron chi connectivity index (χ0n) is 8.34. The Labute approximate surface area is 94.6 Å². The Morgan fingerprint density at radius 3 is 2.69 bits per heavy atom. The van der Waals surface area contributed by atoms with Gasteiger partial charge in [0.15, 0.2) is 0 Å². The lowest BCUT2D eigenvalue weighted by atomic mass is 10.2. The summed E-state index contributed by atoms with van der Waals surface area (Å²) in [7, 11) is 0. The Bertz CT molecular complexity index is 425. The second-order valence-corrected chi connectivity index (χ2v) is 4.10. The molecule has 0 N–H and O–H groups in total. The fourth-order valence-corrected chi connectivity index (χ4v) is 1.78. The quantitative estimate of drug-likeness (QED) is 0.464. The number of nitrogens with zero attached hydrogens (tertiary/aromatic N) is 1. The predicted molar refractivity (Wildman–Crippen MR) is 55.7 cm³/mol. The summed E-state index contributed by atoms with van der Waals surface area (Å²) in [5.74, 6) is -1.00. The lowest BCUT2D eigenvalue weighted by molar-refractivity contribution is -0.105. The average Bonchev–Trinajstić information content (AvgIpc) is 2.15. The largest absolute Gasteiger partial charge is 0.398 e. The van der Waals surface area contributed by atoms with Crippen molar-refractivity contribution in [3.63, 3.8) is 0 Å². The van der Waals surface area contributed by atoms with Gasteiger partial charge in [0.05, 0.1) is 11.4 Å². The molecule has 1 aromatic carbocycles. The van der Waals surface area contributed by atoms with Crippen LogP contribution in [0.3, 0.4) is 0 Å². The number of alkyl halides is 3. The third-order valence-corrected chi connectivity index (χ3v) is 2.80. The Kier molecular flexibility index (Phi) is 4.15. The van der Waals surface area contributed by atoms with Crippen molar-refractivity contribution < 1.29 is 18.0 Å². The minimum atomic E-state index is -4.24. The second-order valence-electron chi connectivity index (χ2n) is 3.08. The molecule has 0 radical (unpaired) electrons. The minimum absolute atomic E-state index is 0.226. The second kappa shape index (κ2) is 5.18. The van der Waals surface area contributed by atoms with Crippen LogP contribution >= 0.6 is 11.8 Å². The number of halogens is 3. The molecule has 0 amide bonds. The van der Waals surface area contributed by atoms with Crippen LogP contribution in [-0.4, -0.2) is 18.0 Å². The van der Waals surface area contributed by atoms with E-state index in [-0.39, 0.29) is 5.69 Å². The van der Waals surface area contributed by atoms with Crippen LogP contribution in [0.15, 0.2) is 28.1 Å². The van der Waals surface area contributed by atoms with Crippen molar-refractivity contribution in [3.05, 3.63) is 23.8 Å². The van der Waals surface area contributed by atoms with Crippen LogP contribution in [0.2, 0.25) is 0 Å². The molecule has 1 rings (SSSR count). The molecule has 86 valence electrons. The first kappa shape index (κ1) is 12.8. The predicted octanol–water partition coefficient (Wildman–Crippen LogP) is 3.62. The first-order valence-corrected chi connectivity index (χ1v) is 5.29. The summed E-state index contributed by atoms with van der Waals surface area (Å²) in [6.45, 7) is 1.77. The smallest absolute Gasteiger partial charge is 0.211 e. The summed E-state index contributed by atoms with van der Waals surface area (Å²) in [6, 6.07) is 4.73. The summed E-state index contributed by atoms with van der Waals surface area (Å²) in [5.41, 5.74) is 1.05. The molecule has 0 unspecified atom stereocenters. The Hall–Kier alpha value is -1.26. The van der Waals surface area contributed by atoms with Gasteiger partial charge in [-0.2, -0.15) is 18.2 Å². The SMILES string of the molecule is Cc1ccc(SCC(F)(F)F)c(N=C=O)c1. The fourth-order valence-electron chi connectivity index (χ4n) is 1.05. The third kappa shape index (κ3) is 4.08. The molecular weight excluding hydrogens is 239 g/mol. The summed E-state index contributed by atoms with van der Waals surface area (Å²) in [4.78, 5) is 13.8. The van der Waals surface area contributed by atoms with Crippen molar-refractivity contribution in [2.45, 2.75) is 18.0 Å². The Balaban J connectivity index is 2.91. The van der Waals surface area contributed by atoms with Crippen molar-refractivity contribution >= 4 is 23.5 Å². The number of aliphatic imine (C=N–C) groups is 1. The molecular formula is C10H8F3NOS. The lowest BCUT2D eigenvalue weighted by Gasteiger charge is -2.07.